The first kappa shape index (κ1) is 28.1. The molecular formula is C27H30F6N2O3. The van der Waals surface area contributed by atoms with Gasteiger partial charge < -0.3 is 14.8 Å². The van der Waals surface area contributed by atoms with Crippen LogP contribution in [0.4, 0.5) is 26.3 Å². The van der Waals surface area contributed by atoms with Gasteiger partial charge in [-0.1, -0.05) is 19.9 Å². The molecule has 2 aliphatic heterocycles. The minimum absolute atomic E-state index is 0.0848. The van der Waals surface area contributed by atoms with E-state index in [9.17, 15) is 31.1 Å². The molecule has 0 aliphatic carbocycles. The van der Waals surface area contributed by atoms with Crippen molar-refractivity contribution in [2.45, 2.75) is 58.6 Å². The molecule has 0 radical (unpaired) electrons. The van der Waals surface area contributed by atoms with E-state index in [2.05, 4.69) is 10.2 Å². The topological polar surface area (TPSA) is 50.8 Å². The van der Waals surface area contributed by atoms with E-state index in [1.54, 1.807) is 0 Å². The number of fused-ring (bicyclic) bond motifs is 1. The predicted molar refractivity (Wildman–Crippen MR) is 127 cm³/mol. The molecule has 208 valence electrons. The Kier molecular flexibility index (Phi) is 7.88. The Bertz CT molecular complexity index is 1120. The number of hydrogen-bond acceptors (Lipinski definition) is 4. The normalized spacial score (nSPS) is 17.6. The van der Waals surface area contributed by atoms with Crippen molar-refractivity contribution in [2.24, 2.45) is 11.3 Å². The van der Waals surface area contributed by atoms with Crippen molar-refractivity contribution in [2.75, 3.05) is 19.9 Å². The van der Waals surface area contributed by atoms with E-state index >= 15 is 0 Å². The molecule has 2 aliphatic rings. The molecule has 11 heteroatoms. The third-order valence-electron chi connectivity index (χ3n) is 7.04. The zero-order valence-electron chi connectivity index (χ0n) is 21.1. The van der Waals surface area contributed by atoms with Gasteiger partial charge in [-0.3, -0.25) is 9.69 Å². The molecule has 1 saturated heterocycles. The standard InChI is InChI=1S/C27H30F6N2O3/c1-17(2)13-25(5-7-35(8-6-25)15-18-3-4-22-23(11-18)38-16-37-22)24(36)34-14-19-9-20(26(28,29)30)12-21(10-19)27(31,32)33/h3-4,9-12,17H,5-8,13-16H2,1-2H3,(H,34,36). The van der Waals surface area contributed by atoms with E-state index in [1.165, 1.54) is 0 Å². The Hall–Kier alpha value is -2.95. The summed E-state index contributed by atoms with van der Waals surface area (Å²) in [6.45, 7) is 5.62. The van der Waals surface area contributed by atoms with Crippen LogP contribution in [-0.4, -0.2) is 30.7 Å². The van der Waals surface area contributed by atoms with Crippen molar-refractivity contribution in [3.8, 4) is 11.5 Å². The maximum absolute atomic E-state index is 13.4. The van der Waals surface area contributed by atoms with Crippen molar-refractivity contribution >= 4 is 5.91 Å². The minimum Gasteiger partial charge on any atom is -0.454 e. The number of likely N-dealkylation sites (tertiary alicyclic amines) is 1. The van der Waals surface area contributed by atoms with Gasteiger partial charge in [0.1, 0.15) is 0 Å². The Labute approximate surface area is 217 Å². The van der Waals surface area contributed by atoms with E-state index < -0.39 is 35.4 Å². The second kappa shape index (κ2) is 10.7. The smallest absolute Gasteiger partial charge is 0.416 e. The molecular weight excluding hydrogens is 514 g/mol. The molecule has 38 heavy (non-hydrogen) atoms. The maximum Gasteiger partial charge on any atom is 0.416 e. The number of piperidine rings is 1. The molecule has 1 amide bonds. The van der Waals surface area contributed by atoms with Crippen LogP contribution in [-0.2, 0) is 30.2 Å². The molecule has 2 aromatic carbocycles. The number of amides is 1. The fourth-order valence-electron chi connectivity index (χ4n) is 5.23. The van der Waals surface area contributed by atoms with Gasteiger partial charge in [0, 0.05) is 13.1 Å². The average Bonchev–Trinajstić information content (AvgIpc) is 3.30. The quantitative estimate of drug-likeness (QED) is 0.410. The second-order valence-corrected chi connectivity index (χ2v) is 10.4. The zero-order chi connectivity index (χ0) is 27.7. The van der Waals surface area contributed by atoms with Crippen LogP contribution < -0.4 is 14.8 Å². The van der Waals surface area contributed by atoms with Crippen LogP contribution in [0.5, 0.6) is 11.5 Å². The summed E-state index contributed by atoms with van der Waals surface area (Å²) in [6, 6.07) is 7.13. The lowest BCUT2D eigenvalue weighted by molar-refractivity contribution is -0.143. The van der Waals surface area contributed by atoms with Crippen LogP contribution in [0.15, 0.2) is 36.4 Å². The number of benzene rings is 2. The fourth-order valence-corrected chi connectivity index (χ4v) is 5.23. The Morgan fingerprint density at radius 1 is 0.921 bits per heavy atom. The lowest BCUT2D eigenvalue weighted by Crippen LogP contribution is -2.49. The summed E-state index contributed by atoms with van der Waals surface area (Å²) in [7, 11) is 0. The number of nitrogens with one attached hydrogen (secondary N) is 1. The van der Waals surface area contributed by atoms with Gasteiger partial charge in [-0.15, -0.1) is 0 Å². The minimum atomic E-state index is -4.94. The number of hydrogen-bond donors (Lipinski definition) is 1. The highest BCUT2D eigenvalue weighted by molar-refractivity contribution is 5.82. The molecule has 0 aromatic heterocycles. The van der Waals surface area contributed by atoms with Gasteiger partial charge in [0.25, 0.3) is 0 Å². The first-order valence-electron chi connectivity index (χ1n) is 12.4. The van der Waals surface area contributed by atoms with Crippen molar-refractivity contribution in [3.05, 3.63) is 58.7 Å². The van der Waals surface area contributed by atoms with Crippen molar-refractivity contribution < 1.29 is 40.6 Å². The van der Waals surface area contributed by atoms with E-state index in [0.717, 1.165) is 5.56 Å². The van der Waals surface area contributed by atoms with Crippen LogP contribution in [0.2, 0.25) is 0 Å². The summed E-state index contributed by atoms with van der Waals surface area (Å²) in [6.07, 6.45) is -8.27. The number of carbonyl (C=O) groups is 1. The molecule has 2 heterocycles. The molecule has 0 bridgehead atoms. The van der Waals surface area contributed by atoms with Crippen molar-refractivity contribution in [3.63, 3.8) is 0 Å². The van der Waals surface area contributed by atoms with Gasteiger partial charge in [-0.25, -0.2) is 0 Å². The molecule has 0 saturated carbocycles. The van der Waals surface area contributed by atoms with Crippen LogP contribution >= 0.6 is 0 Å². The van der Waals surface area contributed by atoms with Crippen LogP contribution in [0.3, 0.4) is 0 Å². The van der Waals surface area contributed by atoms with Gasteiger partial charge in [0.15, 0.2) is 11.5 Å². The summed E-state index contributed by atoms with van der Waals surface area (Å²) >= 11 is 0. The molecule has 0 spiro atoms. The third-order valence-corrected chi connectivity index (χ3v) is 7.04. The Balaban J connectivity index is 1.44. The molecule has 4 rings (SSSR count). The lowest BCUT2D eigenvalue weighted by Gasteiger charge is -2.41. The van der Waals surface area contributed by atoms with Gasteiger partial charge in [-0.2, -0.15) is 26.3 Å². The number of carbonyl (C=O) groups excluding carboxylic acids is 1. The first-order chi connectivity index (χ1) is 17.7. The summed E-state index contributed by atoms with van der Waals surface area (Å²) in [5, 5.41) is 2.64. The number of ether oxygens (including phenoxy) is 2. The summed E-state index contributed by atoms with van der Waals surface area (Å²) in [5.41, 5.74) is -2.76. The van der Waals surface area contributed by atoms with Crippen LogP contribution in [0.1, 0.15) is 55.4 Å². The van der Waals surface area contributed by atoms with Crippen LogP contribution in [0, 0.1) is 11.3 Å². The number of halogens is 6. The highest BCUT2D eigenvalue weighted by Gasteiger charge is 2.42. The van der Waals surface area contributed by atoms with E-state index in [-0.39, 0.29) is 30.2 Å². The number of nitrogens with zero attached hydrogens (tertiary/aromatic N) is 1. The molecule has 2 aromatic rings. The van der Waals surface area contributed by atoms with E-state index in [1.807, 2.05) is 32.0 Å². The predicted octanol–water partition coefficient (Wildman–Crippen LogP) is 6.40. The van der Waals surface area contributed by atoms with Gasteiger partial charge >= 0.3 is 12.4 Å². The van der Waals surface area contributed by atoms with Gasteiger partial charge in [-0.05, 0) is 79.7 Å². The average molecular weight is 545 g/mol. The molecule has 5 nitrogen and oxygen atoms in total. The summed E-state index contributed by atoms with van der Waals surface area (Å²) in [5.74, 6) is 1.21. The fraction of sp³-hybridized carbons (Fsp3) is 0.519. The zero-order valence-corrected chi connectivity index (χ0v) is 21.1. The molecule has 0 atom stereocenters. The first-order valence-corrected chi connectivity index (χ1v) is 12.4. The summed E-state index contributed by atoms with van der Waals surface area (Å²) < 4.78 is 90.1. The number of alkyl halides is 6. The molecule has 1 fully saturated rings. The number of rotatable bonds is 7. The highest BCUT2D eigenvalue weighted by atomic mass is 19.4. The van der Waals surface area contributed by atoms with E-state index in [4.69, 9.17) is 9.47 Å². The van der Waals surface area contributed by atoms with Crippen LogP contribution in [0.25, 0.3) is 0 Å². The maximum atomic E-state index is 13.4. The van der Waals surface area contributed by atoms with Gasteiger partial charge in [0.05, 0.1) is 16.5 Å². The Morgan fingerprint density at radius 3 is 2.11 bits per heavy atom. The SMILES string of the molecule is CC(C)CC1(C(=O)NCc2cc(C(F)(F)F)cc(C(F)(F)F)c2)CCN(Cc2ccc3c(c2)OCO3)CC1. The molecule has 1 N–H and O–H groups in total. The monoisotopic (exact) mass is 544 g/mol. The van der Waals surface area contributed by atoms with E-state index in [0.29, 0.717) is 62.5 Å². The van der Waals surface area contributed by atoms with Crippen molar-refractivity contribution in [1.29, 1.82) is 0 Å². The largest absolute Gasteiger partial charge is 0.454 e. The lowest BCUT2D eigenvalue weighted by atomic mass is 9.71. The molecule has 0 unspecified atom stereocenters. The third kappa shape index (κ3) is 6.54. The highest BCUT2D eigenvalue weighted by Crippen LogP contribution is 2.40. The van der Waals surface area contributed by atoms with Gasteiger partial charge in [0.2, 0.25) is 12.7 Å². The van der Waals surface area contributed by atoms with Crippen molar-refractivity contribution in [1.82, 2.24) is 10.2 Å². The second-order valence-electron chi connectivity index (χ2n) is 10.4. The Morgan fingerprint density at radius 2 is 1.53 bits per heavy atom. The summed E-state index contributed by atoms with van der Waals surface area (Å²) in [4.78, 5) is 15.6.